The van der Waals surface area contributed by atoms with Crippen LogP contribution in [0, 0.1) is 0 Å². The van der Waals surface area contributed by atoms with Gasteiger partial charge in [0.2, 0.25) is 5.88 Å². The highest BCUT2D eigenvalue weighted by Gasteiger charge is 2.08. The number of anilines is 1. The van der Waals surface area contributed by atoms with Crippen molar-refractivity contribution in [1.29, 1.82) is 0 Å². The molecule has 2 aromatic carbocycles. The summed E-state index contributed by atoms with van der Waals surface area (Å²) in [6, 6.07) is 12.7. The monoisotopic (exact) mass is 300 g/mol. The molecule has 1 heterocycles. The molecule has 0 aliphatic heterocycles. The van der Waals surface area contributed by atoms with Gasteiger partial charge in [0.25, 0.3) is 0 Å². The Bertz CT molecular complexity index is 805. The summed E-state index contributed by atoms with van der Waals surface area (Å²) in [5, 5.41) is 2.43. The lowest BCUT2D eigenvalue weighted by Gasteiger charge is -2.10. The van der Waals surface area contributed by atoms with Crippen molar-refractivity contribution in [3.05, 3.63) is 53.7 Å². The fourth-order valence-electron chi connectivity index (χ4n) is 2.05. The third-order valence-corrected chi connectivity index (χ3v) is 3.35. The first kappa shape index (κ1) is 13.5. The van der Waals surface area contributed by atoms with E-state index in [9.17, 15) is 0 Å². The molecule has 0 atom stereocenters. The number of hydrogen-bond donors (Lipinski definition) is 1. The second-order valence-corrected chi connectivity index (χ2v) is 4.92. The van der Waals surface area contributed by atoms with E-state index in [1.807, 2.05) is 24.3 Å². The second-order valence-electron chi connectivity index (χ2n) is 4.49. The highest BCUT2D eigenvalue weighted by molar-refractivity contribution is 6.30. The number of nitrogens with zero attached hydrogens (tertiary/aromatic N) is 1. The molecule has 0 amide bonds. The molecule has 3 rings (SSSR count). The third-order valence-electron chi connectivity index (χ3n) is 3.11. The summed E-state index contributed by atoms with van der Waals surface area (Å²) in [5.74, 6) is 1.80. The number of aromatic nitrogens is 1. The van der Waals surface area contributed by atoms with Gasteiger partial charge in [-0.25, -0.2) is 4.98 Å². The third kappa shape index (κ3) is 2.71. The molecule has 21 heavy (non-hydrogen) atoms. The van der Waals surface area contributed by atoms with E-state index in [0.717, 1.165) is 16.5 Å². The zero-order valence-electron chi connectivity index (χ0n) is 11.3. The minimum atomic E-state index is 0.467. The highest BCUT2D eigenvalue weighted by atomic mass is 35.5. The summed E-state index contributed by atoms with van der Waals surface area (Å²) in [6.07, 6.45) is 1.68. The first-order chi connectivity index (χ1) is 10.2. The van der Waals surface area contributed by atoms with E-state index in [2.05, 4.69) is 4.98 Å². The molecule has 4 nitrogen and oxygen atoms in total. The number of pyridine rings is 1. The standard InChI is InChI=1S/C16H13ClN2O2/c1-20-12-3-4-13-10(8-12)6-7-19-16(13)21-15-5-2-11(17)9-14(15)18/h2-9H,18H2,1H3. The van der Waals surface area contributed by atoms with Gasteiger partial charge in [-0.15, -0.1) is 0 Å². The van der Waals surface area contributed by atoms with Gasteiger partial charge in [-0.2, -0.15) is 0 Å². The van der Waals surface area contributed by atoms with E-state index in [1.54, 1.807) is 31.5 Å². The number of ether oxygens (including phenoxy) is 2. The van der Waals surface area contributed by atoms with Crippen molar-refractivity contribution in [2.45, 2.75) is 0 Å². The van der Waals surface area contributed by atoms with Crippen LogP contribution in [0.2, 0.25) is 5.02 Å². The van der Waals surface area contributed by atoms with Gasteiger partial charge in [0.15, 0.2) is 5.75 Å². The van der Waals surface area contributed by atoms with Crippen LogP contribution in [0.5, 0.6) is 17.4 Å². The highest BCUT2D eigenvalue weighted by Crippen LogP contribution is 2.33. The van der Waals surface area contributed by atoms with Crippen molar-refractivity contribution in [3.63, 3.8) is 0 Å². The minimum absolute atomic E-state index is 0.467. The van der Waals surface area contributed by atoms with Gasteiger partial charge in [-0.1, -0.05) is 11.6 Å². The average molecular weight is 301 g/mol. The molecule has 1 aromatic heterocycles. The largest absolute Gasteiger partial charge is 0.497 e. The van der Waals surface area contributed by atoms with Crippen LogP contribution in [-0.2, 0) is 0 Å². The number of nitrogens with two attached hydrogens (primary N) is 1. The quantitative estimate of drug-likeness (QED) is 0.734. The van der Waals surface area contributed by atoms with E-state index in [-0.39, 0.29) is 0 Å². The van der Waals surface area contributed by atoms with Crippen LogP contribution >= 0.6 is 11.6 Å². The molecule has 2 N–H and O–H groups in total. The SMILES string of the molecule is COc1ccc2c(Oc3ccc(Cl)cc3N)nccc2c1. The van der Waals surface area contributed by atoms with Crippen LogP contribution in [0.25, 0.3) is 10.8 Å². The van der Waals surface area contributed by atoms with E-state index in [0.29, 0.717) is 22.3 Å². The molecule has 5 heteroatoms. The Morgan fingerprint density at radius 3 is 2.71 bits per heavy atom. The fraction of sp³-hybridized carbons (Fsp3) is 0.0625. The van der Waals surface area contributed by atoms with Crippen LogP contribution in [0.3, 0.4) is 0 Å². The zero-order valence-corrected chi connectivity index (χ0v) is 12.1. The summed E-state index contributed by atoms with van der Waals surface area (Å²) < 4.78 is 11.0. The van der Waals surface area contributed by atoms with Crippen molar-refractivity contribution in [2.75, 3.05) is 12.8 Å². The molecule has 0 saturated carbocycles. The maximum Gasteiger partial charge on any atom is 0.227 e. The average Bonchev–Trinajstić information content (AvgIpc) is 2.49. The first-order valence-corrected chi connectivity index (χ1v) is 6.71. The summed E-state index contributed by atoms with van der Waals surface area (Å²) in [6.45, 7) is 0. The maximum atomic E-state index is 5.90. The maximum absolute atomic E-state index is 5.90. The van der Waals surface area contributed by atoms with Gasteiger partial charge in [0, 0.05) is 16.6 Å². The number of hydrogen-bond acceptors (Lipinski definition) is 4. The lowest BCUT2D eigenvalue weighted by molar-refractivity contribution is 0.415. The molecule has 106 valence electrons. The molecule has 0 saturated heterocycles. The van der Waals surface area contributed by atoms with Crippen LogP contribution in [0.4, 0.5) is 5.69 Å². The molecule has 0 aliphatic carbocycles. The topological polar surface area (TPSA) is 57.4 Å². The first-order valence-electron chi connectivity index (χ1n) is 6.33. The van der Waals surface area contributed by atoms with Gasteiger partial charge in [0.05, 0.1) is 12.8 Å². The number of nitrogen functional groups attached to an aromatic ring is 1. The van der Waals surface area contributed by atoms with Gasteiger partial charge in [-0.05, 0) is 47.9 Å². The van der Waals surface area contributed by atoms with E-state index >= 15 is 0 Å². The Morgan fingerprint density at radius 2 is 1.95 bits per heavy atom. The number of fused-ring (bicyclic) bond motifs is 1. The van der Waals surface area contributed by atoms with Crippen molar-refractivity contribution < 1.29 is 9.47 Å². The lowest BCUT2D eigenvalue weighted by Crippen LogP contribution is -1.94. The Kier molecular flexibility index (Phi) is 3.54. The van der Waals surface area contributed by atoms with Gasteiger partial charge in [-0.3, -0.25) is 0 Å². The van der Waals surface area contributed by atoms with Gasteiger partial charge in [0.1, 0.15) is 5.75 Å². The van der Waals surface area contributed by atoms with Crippen LogP contribution < -0.4 is 15.2 Å². The van der Waals surface area contributed by atoms with Crippen molar-refractivity contribution >= 4 is 28.1 Å². The van der Waals surface area contributed by atoms with E-state index in [1.165, 1.54) is 0 Å². The number of benzene rings is 2. The van der Waals surface area contributed by atoms with Gasteiger partial charge >= 0.3 is 0 Å². The Balaban J connectivity index is 2.04. The number of rotatable bonds is 3. The van der Waals surface area contributed by atoms with Crippen LogP contribution in [0.1, 0.15) is 0 Å². The smallest absolute Gasteiger partial charge is 0.227 e. The Hall–Kier alpha value is -2.46. The van der Waals surface area contributed by atoms with Crippen molar-refractivity contribution in [2.24, 2.45) is 0 Å². The molecule has 0 spiro atoms. The fourth-order valence-corrected chi connectivity index (χ4v) is 2.23. The molecule has 3 aromatic rings. The van der Waals surface area contributed by atoms with Crippen molar-refractivity contribution in [3.8, 4) is 17.4 Å². The molecule has 0 fully saturated rings. The normalized spacial score (nSPS) is 10.6. The van der Waals surface area contributed by atoms with E-state index < -0.39 is 0 Å². The molecule has 0 bridgehead atoms. The molecule has 0 unspecified atom stereocenters. The molecule has 0 radical (unpaired) electrons. The summed E-state index contributed by atoms with van der Waals surface area (Å²) >= 11 is 5.88. The molecular formula is C16H13ClN2O2. The predicted molar refractivity (Wildman–Crippen MR) is 84.2 cm³/mol. The summed E-state index contributed by atoms with van der Waals surface area (Å²) in [5.41, 5.74) is 6.37. The molecular weight excluding hydrogens is 288 g/mol. The lowest BCUT2D eigenvalue weighted by atomic mass is 10.1. The zero-order chi connectivity index (χ0) is 14.8. The van der Waals surface area contributed by atoms with Gasteiger partial charge < -0.3 is 15.2 Å². The number of methoxy groups -OCH3 is 1. The summed E-state index contributed by atoms with van der Waals surface area (Å²) in [4.78, 5) is 4.27. The second kappa shape index (κ2) is 5.50. The number of halogens is 1. The molecule has 0 aliphatic rings. The Morgan fingerprint density at radius 1 is 1.10 bits per heavy atom. The summed E-state index contributed by atoms with van der Waals surface area (Å²) in [7, 11) is 1.63. The van der Waals surface area contributed by atoms with Crippen LogP contribution in [0.15, 0.2) is 48.7 Å². The van der Waals surface area contributed by atoms with E-state index in [4.69, 9.17) is 26.8 Å². The Labute approximate surface area is 127 Å². The van der Waals surface area contributed by atoms with Crippen molar-refractivity contribution in [1.82, 2.24) is 4.98 Å². The van der Waals surface area contributed by atoms with Crippen LogP contribution in [-0.4, -0.2) is 12.1 Å². The predicted octanol–water partition coefficient (Wildman–Crippen LogP) is 4.27. The minimum Gasteiger partial charge on any atom is -0.497 e.